The number of hydrazone groups is 1. The van der Waals surface area contributed by atoms with Crippen LogP contribution in [-0.4, -0.2) is 24.5 Å². The number of carbonyl (C=O) groups is 2. The molecule has 0 radical (unpaired) electrons. The Hall–Kier alpha value is -3.21. The van der Waals surface area contributed by atoms with Crippen molar-refractivity contribution in [1.29, 1.82) is 0 Å². The van der Waals surface area contributed by atoms with Gasteiger partial charge in [-0.15, -0.1) is 0 Å². The molecule has 3 rings (SSSR count). The summed E-state index contributed by atoms with van der Waals surface area (Å²) in [7, 11) is 1.59. The Labute approximate surface area is 146 Å². The molecule has 2 aromatic rings. The lowest BCUT2D eigenvalue weighted by molar-refractivity contribution is -0.114. The molecule has 1 aliphatic rings. The lowest BCUT2D eigenvalue weighted by atomic mass is 10.1. The molecule has 126 valence electrons. The molecule has 0 fully saturated rings. The number of rotatable bonds is 4. The maximum absolute atomic E-state index is 12.8. The van der Waals surface area contributed by atoms with Crippen LogP contribution in [0.25, 0.3) is 6.08 Å². The summed E-state index contributed by atoms with van der Waals surface area (Å²) >= 11 is 0. The molecule has 0 saturated carbocycles. The van der Waals surface area contributed by atoms with Gasteiger partial charge in [0.1, 0.15) is 5.75 Å². The highest BCUT2D eigenvalue weighted by Crippen LogP contribution is 2.27. The zero-order chi connectivity index (χ0) is 18.0. The van der Waals surface area contributed by atoms with Crippen LogP contribution in [0.15, 0.2) is 59.2 Å². The Kier molecular flexibility index (Phi) is 4.48. The maximum Gasteiger partial charge on any atom is 0.280 e. The number of amides is 1. The van der Waals surface area contributed by atoms with Crippen LogP contribution in [0.4, 0.5) is 5.69 Å². The van der Waals surface area contributed by atoms with Crippen molar-refractivity contribution in [2.24, 2.45) is 5.10 Å². The molecule has 1 heterocycles. The lowest BCUT2D eigenvalue weighted by Crippen LogP contribution is -2.21. The maximum atomic E-state index is 12.8. The Balaban J connectivity index is 1.93. The molecule has 0 bridgehead atoms. The first-order valence-corrected chi connectivity index (χ1v) is 7.87. The molecule has 0 aliphatic carbocycles. The van der Waals surface area contributed by atoms with Crippen molar-refractivity contribution >= 4 is 29.2 Å². The number of methoxy groups -OCH3 is 1. The molecule has 25 heavy (non-hydrogen) atoms. The van der Waals surface area contributed by atoms with Gasteiger partial charge >= 0.3 is 0 Å². The van der Waals surface area contributed by atoms with Gasteiger partial charge in [-0.05, 0) is 50.3 Å². The summed E-state index contributed by atoms with van der Waals surface area (Å²) in [5.74, 6) is 0.467. The summed E-state index contributed by atoms with van der Waals surface area (Å²) < 4.78 is 5.33. The molecular weight excluding hydrogens is 316 g/mol. The summed E-state index contributed by atoms with van der Waals surface area (Å²) in [6.07, 6.45) is 1.78. The fourth-order valence-electron chi connectivity index (χ4n) is 2.64. The van der Waals surface area contributed by atoms with Gasteiger partial charge in [0, 0.05) is 11.1 Å². The van der Waals surface area contributed by atoms with Gasteiger partial charge in [-0.1, -0.05) is 18.2 Å². The highest BCUT2D eigenvalue weighted by Gasteiger charge is 2.29. The van der Waals surface area contributed by atoms with Gasteiger partial charge in [0.2, 0.25) is 0 Å². The number of Topliss-reactive ketones (excluding diaryl/α,β-unsaturated/α-hetero) is 1. The van der Waals surface area contributed by atoms with E-state index in [2.05, 4.69) is 5.10 Å². The number of anilines is 1. The number of nitrogens with zero attached hydrogens (tertiary/aromatic N) is 2. The smallest absolute Gasteiger partial charge is 0.280 e. The molecule has 0 N–H and O–H groups in total. The van der Waals surface area contributed by atoms with Crippen LogP contribution in [0.1, 0.15) is 29.8 Å². The number of hydrogen-bond donors (Lipinski definition) is 0. The number of ketones is 1. The second-order valence-corrected chi connectivity index (χ2v) is 5.71. The first-order valence-electron chi connectivity index (χ1n) is 7.87. The third kappa shape index (κ3) is 3.21. The second kappa shape index (κ2) is 6.73. The van der Waals surface area contributed by atoms with Gasteiger partial charge in [-0.3, -0.25) is 9.59 Å². The number of ether oxygens (including phenoxy) is 1. The molecule has 0 unspecified atom stereocenters. The van der Waals surface area contributed by atoms with Crippen LogP contribution in [0.3, 0.4) is 0 Å². The molecule has 0 saturated heterocycles. The average molecular weight is 334 g/mol. The van der Waals surface area contributed by atoms with Gasteiger partial charge in [0.15, 0.2) is 5.78 Å². The predicted molar refractivity (Wildman–Crippen MR) is 98.0 cm³/mol. The van der Waals surface area contributed by atoms with Gasteiger partial charge in [-0.2, -0.15) is 10.1 Å². The monoisotopic (exact) mass is 334 g/mol. The number of hydrogen-bond acceptors (Lipinski definition) is 4. The zero-order valence-electron chi connectivity index (χ0n) is 14.3. The number of benzene rings is 2. The molecule has 0 aromatic heterocycles. The fraction of sp³-hybridized carbons (Fsp3) is 0.150. The molecule has 0 atom stereocenters. The summed E-state index contributed by atoms with van der Waals surface area (Å²) in [6.45, 7) is 3.30. The van der Waals surface area contributed by atoms with Crippen molar-refractivity contribution in [1.82, 2.24) is 0 Å². The molecule has 5 nitrogen and oxygen atoms in total. The molecule has 0 spiro atoms. The van der Waals surface area contributed by atoms with E-state index in [4.69, 9.17) is 4.74 Å². The molecular formula is C20H18N2O3. The van der Waals surface area contributed by atoms with E-state index in [0.717, 1.165) is 5.56 Å². The van der Waals surface area contributed by atoms with Crippen molar-refractivity contribution in [2.75, 3.05) is 12.1 Å². The van der Waals surface area contributed by atoms with E-state index in [1.807, 2.05) is 24.3 Å². The highest BCUT2D eigenvalue weighted by molar-refractivity contribution is 6.32. The molecule has 2 aromatic carbocycles. The van der Waals surface area contributed by atoms with Gasteiger partial charge in [0.05, 0.1) is 24.1 Å². The fourth-order valence-corrected chi connectivity index (χ4v) is 2.64. The first-order chi connectivity index (χ1) is 12.0. The minimum atomic E-state index is -0.209. The van der Waals surface area contributed by atoms with Crippen molar-refractivity contribution in [3.63, 3.8) is 0 Å². The molecule has 1 amide bonds. The third-order valence-electron chi connectivity index (χ3n) is 4.02. The molecule has 5 heteroatoms. The van der Waals surface area contributed by atoms with E-state index >= 15 is 0 Å². The second-order valence-electron chi connectivity index (χ2n) is 5.71. The van der Waals surface area contributed by atoms with Gasteiger partial charge in [0.25, 0.3) is 5.91 Å². The quantitative estimate of drug-likeness (QED) is 0.633. The van der Waals surface area contributed by atoms with Gasteiger partial charge < -0.3 is 4.74 Å². The SMILES string of the molecule is COc1ccccc1C=C1C(=O)N(c2ccc(C(C)=O)cc2)N=C1C. The standard InChI is InChI=1S/C20H18N2O3/c1-13-18(12-16-6-4-5-7-19(16)25-3)20(24)22(21-13)17-10-8-15(9-11-17)14(2)23/h4-12H,1-3H3. The number of carbonyl (C=O) groups excluding carboxylic acids is 2. The largest absolute Gasteiger partial charge is 0.496 e. The van der Waals surface area contributed by atoms with E-state index in [1.54, 1.807) is 44.4 Å². The van der Waals surface area contributed by atoms with E-state index in [0.29, 0.717) is 28.3 Å². The Morgan fingerprint density at radius 3 is 2.44 bits per heavy atom. The van der Waals surface area contributed by atoms with Crippen LogP contribution in [0, 0.1) is 0 Å². The van der Waals surface area contributed by atoms with Crippen LogP contribution < -0.4 is 9.75 Å². The van der Waals surface area contributed by atoms with Crippen molar-refractivity contribution in [3.8, 4) is 5.75 Å². The third-order valence-corrected chi connectivity index (χ3v) is 4.02. The van der Waals surface area contributed by atoms with E-state index in [9.17, 15) is 9.59 Å². The molecule has 1 aliphatic heterocycles. The van der Waals surface area contributed by atoms with Crippen LogP contribution >= 0.6 is 0 Å². The minimum absolute atomic E-state index is 0.0178. The van der Waals surface area contributed by atoms with E-state index < -0.39 is 0 Å². The summed E-state index contributed by atoms with van der Waals surface area (Å²) in [5, 5.41) is 5.70. The van der Waals surface area contributed by atoms with Crippen LogP contribution in [0.2, 0.25) is 0 Å². The first kappa shape index (κ1) is 16.6. The van der Waals surface area contributed by atoms with Gasteiger partial charge in [-0.25, -0.2) is 0 Å². The predicted octanol–water partition coefficient (Wildman–Crippen LogP) is 3.70. The van der Waals surface area contributed by atoms with Crippen LogP contribution in [-0.2, 0) is 4.79 Å². The zero-order valence-corrected chi connectivity index (χ0v) is 14.3. The van der Waals surface area contributed by atoms with E-state index in [-0.39, 0.29) is 11.7 Å². The Morgan fingerprint density at radius 2 is 1.80 bits per heavy atom. The van der Waals surface area contributed by atoms with Crippen molar-refractivity contribution in [2.45, 2.75) is 13.8 Å². The van der Waals surface area contributed by atoms with Crippen molar-refractivity contribution in [3.05, 3.63) is 65.2 Å². The normalized spacial score (nSPS) is 15.5. The topological polar surface area (TPSA) is 59.0 Å². The van der Waals surface area contributed by atoms with Crippen molar-refractivity contribution < 1.29 is 14.3 Å². The Morgan fingerprint density at radius 1 is 1.12 bits per heavy atom. The highest BCUT2D eigenvalue weighted by atomic mass is 16.5. The summed E-state index contributed by atoms with van der Waals surface area (Å²) in [6, 6.07) is 14.3. The summed E-state index contributed by atoms with van der Waals surface area (Å²) in [5.41, 5.74) is 3.18. The minimum Gasteiger partial charge on any atom is -0.496 e. The average Bonchev–Trinajstić information content (AvgIpc) is 2.90. The lowest BCUT2D eigenvalue weighted by Gasteiger charge is -2.12. The Bertz CT molecular complexity index is 895. The van der Waals surface area contributed by atoms with E-state index in [1.165, 1.54) is 11.9 Å². The summed E-state index contributed by atoms with van der Waals surface area (Å²) in [4.78, 5) is 24.2. The van der Waals surface area contributed by atoms with Crippen LogP contribution in [0.5, 0.6) is 5.75 Å². The number of para-hydroxylation sites is 1.